The molecule has 3 rings (SSSR count). The molecule has 0 N–H and O–H groups in total. The van der Waals surface area contributed by atoms with Crippen molar-refractivity contribution >= 4 is 11.6 Å². The van der Waals surface area contributed by atoms with Crippen LogP contribution in [-0.2, 0) is 13.1 Å². The van der Waals surface area contributed by atoms with Gasteiger partial charge in [0.05, 0.1) is 24.4 Å². The van der Waals surface area contributed by atoms with E-state index in [1.54, 1.807) is 12.3 Å². The van der Waals surface area contributed by atoms with Gasteiger partial charge in [0.25, 0.3) is 0 Å². The summed E-state index contributed by atoms with van der Waals surface area (Å²) in [6, 6.07) is 11.2. The molecule has 3 aromatic rings. The topological polar surface area (TPSA) is 55.3 Å². The number of benzene rings is 1. The summed E-state index contributed by atoms with van der Waals surface area (Å²) < 4.78 is 10.6. The normalized spacial score (nSPS) is 11.2. The van der Waals surface area contributed by atoms with Gasteiger partial charge < -0.3 is 8.94 Å². The van der Waals surface area contributed by atoms with E-state index >= 15 is 0 Å². The average Bonchev–Trinajstić information content (AvgIpc) is 3.11. The molecule has 0 aliphatic rings. The zero-order chi connectivity index (χ0) is 14.7. The lowest BCUT2D eigenvalue weighted by molar-refractivity contribution is 0.244. The highest BCUT2D eigenvalue weighted by Crippen LogP contribution is 2.25. The Bertz CT molecular complexity index is 709. The van der Waals surface area contributed by atoms with Crippen LogP contribution >= 0.6 is 11.6 Å². The summed E-state index contributed by atoms with van der Waals surface area (Å²) in [6.07, 6.45) is 1.66. The Kier molecular flexibility index (Phi) is 4.03. The first-order chi connectivity index (χ1) is 10.2. The van der Waals surface area contributed by atoms with E-state index in [1.807, 2.05) is 42.3 Å². The molecule has 2 heterocycles. The third kappa shape index (κ3) is 3.32. The van der Waals surface area contributed by atoms with Crippen molar-refractivity contribution in [3.05, 3.63) is 59.3 Å². The smallest absolute Gasteiger partial charge is 0.241 e. The highest BCUT2D eigenvalue weighted by atomic mass is 35.5. The molecule has 0 atom stereocenters. The second-order valence-electron chi connectivity index (χ2n) is 4.74. The molecule has 0 aliphatic heterocycles. The standard InChI is InChI=1S/C15H14ClN3O2/c1-19(9-11-5-4-8-20-11)10-14-17-15(18-21-14)12-6-2-3-7-13(12)16/h2-8H,9-10H2,1H3. The first kappa shape index (κ1) is 13.9. The van der Waals surface area contributed by atoms with Crippen LogP contribution in [-0.4, -0.2) is 22.1 Å². The molecule has 0 saturated heterocycles. The van der Waals surface area contributed by atoms with E-state index in [1.165, 1.54) is 0 Å². The Morgan fingerprint density at radius 2 is 2.00 bits per heavy atom. The van der Waals surface area contributed by atoms with Crippen molar-refractivity contribution in [1.82, 2.24) is 15.0 Å². The van der Waals surface area contributed by atoms with Gasteiger partial charge in [0.15, 0.2) is 0 Å². The maximum Gasteiger partial charge on any atom is 0.241 e. The van der Waals surface area contributed by atoms with E-state index in [9.17, 15) is 0 Å². The molecule has 0 bridgehead atoms. The number of hydrogen-bond acceptors (Lipinski definition) is 5. The van der Waals surface area contributed by atoms with E-state index in [0.717, 1.165) is 11.3 Å². The molecule has 108 valence electrons. The molecule has 0 amide bonds. The number of halogens is 1. The van der Waals surface area contributed by atoms with Crippen LogP contribution in [0.15, 0.2) is 51.6 Å². The fourth-order valence-electron chi connectivity index (χ4n) is 2.03. The van der Waals surface area contributed by atoms with Crippen molar-refractivity contribution in [1.29, 1.82) is 0 Å². The summed E-state index contributed by atoms with van der Waals surface area (Å²) in [5.41, 5.74) is 0.767. The Morgan fingerprint density at radius 3 is 2.76 bits per heavy atom. The molecular formula is C15H14ClN3O2. The third-order valence-electron chi connectivity index (χ3n) is 2.99. The summed E-state index contributed by atoms with van der Waals surface area (Å²) in [5, 5.41) is 4.58. The summed E-state index contributed by atoms with van der Waals surface area (Å²) in [5.74, 6) is 1.93. The number of nitrogens with zero attached hydrogens (tertiary/aromatic N) is 3. The van der Waals surface area contributed by atoms with Gasteiger partial charge in [-0.2, -0.15) is 4.98 Å². The molecule has 0 saturated carbocycles. The summed E-state index contributed by atoms with van der Waals surface area (Å²) in [4.78, 5) is 6.41. The van der Waals surface area contributed by atoms with Gasteiger partial charge in [-0.1, -0.05) is 28.9 Å². The lowest BCUT2D eigenvalue weighted by Gasteiger charge is -2.11. The van der Waals surface area contributed by atoms with Crippen molar-refractivity contribution in [2.45, 2.75) is 13.1 Å². The minimum absolute atomic E-state index is 0.502. The molecule has 0 spiro atoms. The van der Waals surface area contributed by atoms with Gasteiger partial charge in [-0.05, 0) is 31.3 Å². The van der Waals surface area contributed by atoms with Crippen molar-refractivity contribution in [3.63, 3.8) is 0 Å². The Labute approximate surface area is 127 Å². The predicted octanol–water partition coefficient (Wildman–Crippen LogP) is 3.62. The number of furan rings is 1. The third-order valence-corrected chi connectivity index (χ3v) is 3.32. The fraction of sp³-hybridized carbons (Fsp3) is 0.200. The molecule has 5 nitrogen and oxygen atoms in total. The number of aromatic nitrogens is 2. The summed E-state index contributed by atoms with van der Waals surface area (Å²) >= 11 is 6.12. The highest BCUT2D eigenvalue weighted by molar-refractivity contribution is 6.33. The van der Waals surface area contributed by atoms with Gasteiger partial charge in [-0.15, -0.1) is 0 Å². The fourth-order valence-corrected chi connectivity index (χ4v) is 2.25. The SMILES string of the molecule is CN(Cc1ccco1)Cc1nc(-c2ccccc2Cl)no1. The largest absolute Gasteiger partial charge is 0.468 e. The van der Waals surface area contributed by atoms with Crippen molar-refractivity contribution in [3.8, 4) is 11.4 Å². The van der Waals surface area contributed by atoms with E-state index in [-0.39, 0.29) is 0 Å². The Balaban J connectivity index is 1.69. The monoisotopic (exact) mass is 303 g/mol. The second kappa shape index (κ2) is 6.11. The van der Waals surface area contributed by atoms with Crippen LogP contribution in [0.5, 0.6) is 0 Å². The van der Waals surface area contributed by atoms with Crippen molar-refractivity contribution in [2.24, 2.45) is 0 Å². The van der Waals surface area contributed by atoms with E-state index in [2.05, 4.69) is 10.1 Å². The summed E-state index contributed by atoms with van der Waals surface area (Å²) in [6.45, 7) is 1.22. The van der Waals surface area contributed by atoms with Crippen molar-refractivity contribution in [2.75, 3.05) is 7.05 Å². The van der Waals surface area contributed by atoms with Gasteiger partial charge in [-0.25, -0.2) is 0 Å². The first-order valence-corrected chi connectivity index (χ1v) is 6.88. The predicted molar refractivity (Wildman–Crippen MR) is 78.6 cm³/mol. The summed E-state index contributed by atoms with van der Waals surface area (Å²) in [7, 11) is 1.96. The number of rotatable bonds is 5. The van der Waals surface area contributed by atoms with E-state index < -0.39 is 0 Å². The zero-order valence-corrected chi connectivity index (χ0v) is 12.2. The van der Waals surface area contributed by atoms with Gasteiger partial charge >= 0.3 is 0 Å². The van der Waals surface area contributed by atoms with Crippen LogP contribution in [0.3, 0.4) is 0 Å². The van der Waals surface area contributed by atoms with Gasteiger partial charge in [0, 0.05) is 5.56 Å². The maximum absolute atomic E-state index is 6.12. The van der Waals surface area contributed by atoms with Crippen LogP contribution in [0, 0.1) is 0 Å². The molecule has 1 aromatic carbocycles. The van der Waals surface area contributed by atoms with Crippen LogP contribution in [0.1, 0.15) is 11.7 Å². The molecule has 21 heavy (non-hydrogen) atoms. The molecule has 0 fully saturated rings. The number of hydrogen-bond donors (Lipinski definition) is 0. The Hall–Kier alpha value is -2.11. The quantitative estimate of drug-likeness (QED) is 0.720. The average molecular weight is 304 g/mol. The molecule has 0 unspecified atom stereocenters. The van der Waals surface area contributed by atoms with Crippen LogP contribution < -0.4 is 0 Å². The van der Waals surface area contributed by atoms with Crippen LogP contribution in [0.2, 0.25) is 5.02 Å². The lowest BCUT2D eigenvalue weighted by Crippen LogP contribution is -2.17. The maximum atomic E-state index is 6.12. The van der Waals surface area contributed by atoms with Crippen LogP contribution in [0.4, 0.5) is 0 Å². The Morgan fingerprint density at radius 1 is 1.14 bits per heavy atom. The van der Waals surface area contributed by atoms with E-state index in [0.29, 0.717) is 29.8 Å². The van der Waals surface area contributed by atoms with Gasteiger partial charge in [0.2, 0.25) is 11.7 Å². The lowest BCUT2D eigenvalue weighted by atomic mass is 10.2. The molecule has 2 aromatic heterocycles. The molecular weight excluding hydrogens is 290 g/mol. The van der Waals surface area contributed by atoms with Gasteiger partial charge in [-0.3, -0.25) is 4.90 Å². The van der Waals surface area contributed by atoms with Crippen LogP contribution in [0.25, 0.3) is 11.4 Å². The minimum atomic E-state index is 0.502. The highest BCUT2D eigenvalue weighted by Gasteiger charge is 2.13. The van der Waals surface area contributed by atoms with Crippen molar-refractivity contribution < 1.29 is 8.94 Å². The minimum Gasteiger partial charge on any atom is -0.468 e. The van der Waals surface area contributed by atoms with Gasteiger partial charge in [0.1, 0.15) is 5.76 Å². The second-order valence-corrected chi connectivity index (χ2v) is 5.15. The molecule has 0 aliphatic carbocycles. The zero-order valence-electron chi connectivity index (χ0n) is 11.5. The molecule has 0 radical (unpaired) electrons. The van der Waals surface area contributed by atoms with E-state index in [4.69, 9.17) is 20.5 Å². The first-order valence-electron chi connectivity index (χ1n) is 6.51. The molecule has 6 heteroatoms.